The van der Waals surface area contributed by atoms with Crippen molar-refractivity contribution in [3.63, 3.8) is 0 Å². The Kier molecular flexibility index (Phi) is 7.65. The molecule has 1 aliphatic rings. The van der Waals surface area contributed by atoms with E-state index in [1.54, 1.807) is 0 Å². The highest BCUT2D eigenvalue weighted by atomic mass is 16.2. The van der Waals surface area contributed by atoms with Gasteiger partial charge in [0.2, 0.25) is 11.8 Å². The summed E-state index contributed by atoms with van der Waals surface area (Å²) in [7, 11) is 0. The van der Waals surface area contributed by atoms with Crippen LogP contribution in [0.2, 0.25) is 0 Å². The van der Waals surface area contributed by atoms with Crippen molar-refractivity contribution in [2.75, 3.05) is 6.54 Å². The topological polar surface area (TPSA) is 49.4 Å². The Bertz CT molecular complexity index is 698. The normalized spacial score (nSPS) is 14.4. The van der Waals surface area contributed by atoms with Crippen molar-refractivity contribution in [1.29, 1.82) is 0 Å². The van der Waals surface area contributed by atoms with E-state index < -0.39 is 0 Å². The molecule has 3 rings (SSSR count). The maximum absolute atomic E-state index is 12.9. The van der Waals surface area contributed by atoms with E-state index in [0.29, 0.717) is 25.4 Å². The molecule has 0 atom stereocenters. The van der Waals surface area contributed by atoms with Crippen LogP contribution in [0.3, 0.4) is 0 Å². The smallest absolute Gasteiger partial charge is 0.242 e. The molecule has 28 heavy (non-hydrogen) atoms. The summed E-state index contributed by atoms with van der Waals surface area (Å²) in [6, 6.07) is 19.9. The molecule has 1 N–H and O–H groups in total. The van der Waals surface area contributed by atoms with Gasteiger partial charge < -0.3 is 10.2 Å². The highest BCUT2D eigenvalue weighted by Crippen LogP contribution is 2.26. The fraction of sp³-hybridized carbons (Fsp3) is 0.417. The number of carbonyl (C=O) groups excluding carboxylic acids is 2. The highest BCUT2D eigenvalue weighted by Gasteiger charge is 2.19. The Morgan fingerprint density at radius 3 is 1.89 bits per heavy atom. The number of benzene rings is 2. The van der Waals surface area contributed by atoms with Gasteiger partial charge in [0.05, 0.1) is 6.54 Å². The summed E-state index contributed by atoms with van der Waals surface area (Å²) in [6.07, 6.45) is 6.54. The molecule has 2 amide bonds. The number of rotatable bonds is 8. The minimum absolute atomic E-state index is 0.000350. The molecule has 148 valence electrons. The van der Waals surface area contributed by atoms with Crippen LogP contribution < -0.4 is 5.32 Å². The molecule has 1 aliphatic carbocycles. The van der Waals surface area contributed by atoms with Crippen molar-refractivity contribution in [3.8, 4) is 0 Å². The zero-order chi connectivity index (χ0) is 19.6. The molecule has 0 spiro atoms. The van der Waals surface area contributed by atoms with Gasteiger partial charge in [0.1, 0.15) is 0 Å². The predicted octanol–water partition coefficient (Wildman–Crippen LogP) is 4.30. The number of amides is 2. The molecular weight excluding hydrogens is 348 g/mol. The molecule has 0 bridgehead atoms. The van der Waals surface area contributed by atoms with E-state index in [1.807, 2.05) is 65.6 Å². The lowest BCUT2D eigenvalue weighted by molar-refractivity contribution is -0.134. The molecule has 0 aliphatic heterocycles. The quantitative estimate of drug-likeness (QED) is 0.744. The standard InChI is InChI=1S/C24H30N2O2/c27-23(16-20-10-4-1-5-11-20)25-17-24(28)26(18-21-12-6-2-7-13-21)19-22-14-8-3-9-15-22/h2-3,6-9,12-15,20H,1,4-5,10-11,16-19H2,(H,25,27). The number of hydrogen-bond acceptors (Lipinski definition) is 2. The Labute approximate surface area is 167 Å². The largest absolute Gasteiger partial charge is 0.347 e. The van der Waals surface area contributed by atoms with E-state index in [4.69, 9.17) is 0 Å². The predicted molar refractivity (Wildman–Crippen MR) is 111 cm³/mol. The van der Waals surface area contributed by atoms with Crippen LogP contribution in [0.15, 0.2) is 60.7 Å². The number of nitrogens with zero attached hydrogens (tertiary/aromatic N) is 1. The molecule has 2 aromatic rings. The van der Waals surface area contributed by atoms with Gasteiger partial charge in [-0.25, -0.2) is 0 Å². The summed E-state index contributed by atoms with van der Waals surface area (Å²) in [4.78, 5) is 26.9. The molecule has 1 saturated carbocycles. The monoisotopic (exact) mass is 378 g/mol. The van der Waals surface area contributed by atoms with Gasteiger partial charge in [-0.1, -0.05) is 79.9 Å². The first-order valence-electron chi connectivity index (χ1n) is 10.3. The van der Waals surface area contributed by atoms with E-state index in [-0.39, 0.29) is 18.4 Å². The van der Waals surface area contributed by atoms with E-state index in [9.17, 15) is 9.59 Å². The van der Waals surface area contributed by atoms with E-state index in [2.05, 4.69) is 5.32 Å². The third-order valence-corrected chi connectivity index (χ3v) is 5.42. The minimum atomic E-state index is -0.0512. The van der Waals surface area contributed by atoms with Crippen LogP contribution in [0.1, 0.15) is 49.7 Å². The maximum atomic E-state index is 12.9. The summed E-state index contributed by atoms with van der Waals surface area (Å²) in [5.74, 6) is 0.429. The fourth-order valence-corrected chi connectivity index (χ4v) is 3.85. The van der Waals surface area contributed by atoms with Crippen LogP contribution in [-0.4, -0.2) is 23.3 Å². The lowest BCUT2D eigenvalue weighted by atomic mass is 9.87. The molecule has 0 saturated heterocycles. The molecular formula is C24H30N2O2. The molecule has 4 heteroatoms. The number of nitrogens with one attached hydrogen (secondary N) is 1. The first-order chi connectivity index (χ1) is 13.7. The van der Waals surface area contributed by atoms with Gasteiger partial charge in [0.15, 0.2) is 0 Å². The average Bonchev–Trinajstić information content (AvgIpc) is 2.74. The lowest BCUT2D eigenvalue weighted by Crippen LogP contribution is -2.40. The van der Waals surface area contributed by atoms with Gasteiger partial charge in [-0.05, 0) is 29.9 Å². The van der Waals surface area contributed by atoms with E-state index in [1.165, 1.54) is 19.3 Å². The summed E-state index contributed by atoms with van der Waals surface area (Å²) >= 11 is 0. The third-order valence-electron chi connectivity index (χ3n) is 5.42. The van der Waals surface area contributed by atoms with Crippen molar-refractivity contribution in [2.24, 2.45) is 5.92 Å². The van der Waals surface area contributed by atoms with Gasteiger partial charge in [-0.3, -0.25) is 9.59 Å². The lowest BCUT2D eigenvalue weighted by Gasteiger charge is -2.24. The van der Waals surface area contributed by atoms with Crippen LogP contribution in [0.4, 0.5) is 0 Å². The van der Waals surface area contributed by atoms with Crippen LogP contribution in [0.25, 0.3) is 0 Å². The Hall–Kier alpha value is -2.62. The SMILES string of the molecule is O=C(CC1CCCCC1)NCC(=O)N(Cc1ccccc1)Cc1ccccc1. The summed E-state index contributed by atoms with van der Waals surface area (Å²) in [6.45, 7) is 1.13. The van der Waals surface area contributed by atoms with Gasteiger partial charge in [-0.2, -0.15) is 0 Å². The average molecular weight is 379 g/mol. The summed E-state index contributed by atoms with van der Waals surface area (Å²) < 4.78 is 0. The highest BCUT2D eigenvalue weighted by molar-refractivity contribution is 5.84. The van der Waals surface area contributed by atoms with E-state index in [0.717, 1.165) is 24.0 Å². The molecule has 1 fully saturated rings. The Morgan fingerprint density at radius 1 is 0.821 bits per heavy atom. The van der Waals surface area contributed by atoms with Gasteiger partial charge in [-0.15, -0.1) is 0 Å². The van der Waals surface area contributed by atoms with E-state index >= 15 is 0 Å². The number of hydrogen-bond donors (Lipinski definition) is 1. The van der Waals surface area contributed by atoms with Crippen LogP contribution in [0.5, 0.6) is 0 Å². The second kappa shape index (κ2) is 10.6. The first-order valence-corrected chi connectivity index (χ1v) is 10.3. The molecule has 2 aromatic carbocycles. The van der Waals surface area contributed by atoms with Crippen molar-refractivity contribution in [3.05, 3.63) is 71.8 Å². The molecule has 0 unspecified atom stereocenters. The van der Waals surface area contributed by atoms with Crippen molar-refractivity contribution < 1.29 is 9.59 Å². The Balaban J connectivity index is 1.56. The summed E-state index contributed by atoms with van der Waals surface area (Å²) in [5.41, 5.74) is 2.17. The van der Waals surface area contributed by atoms with Crippen molar-refractivity contribution in [2.45, 2.75) is 51.6 Å². The number of carbonyl (C=O) groups is 2. The van der Waals surface area contributed by atoms with Crippen LogP contribution in [-0.2, 0) is 22.7 Å². The molecule has 0 radical (unpaired) electrons. The van der Waals surface area contributed by atoms with Gasteiger partial charge in [0.25, 0.3) is 0 Å². The van der Waals surface area contributed by atoms with Gasteiger partial charge in [0, 0.05) is 19.5 Å². The first kappa shape index (κ1) is 20.1. The maximum Gasteiger partial charge on any atom is 0.242 e. The van der Waals surface area contributed by atoms with Gasteiger partial charge >= 0.3 is 0 Å². The molecule has 0 heterocycles. The molecule has 0 aromatic heterocycles. The molecule has 4 nitrogen and oxygen atoms in total. The van der Waals surface area contributed by atoms with Crippen LogP contribution >= 0.6 is 0 Å². The summed E-state index contributed by atoms with van der Waals surface area (Å²) in [5, 5.41) is 2.85. The van der Waals surface area contributed by atoms with Crippen molar-refractivity contribution in [1.82, 2.24) is 10.2 Å². The zero-order valence-corrected chi connectivity index (χ0v) is 16.5. The minimum Gasteiger partial charge on any atom is -0.347 e. The Morgan fingerprint density at radius 2 is 1.36 bits per heavy atom. The second-order valence-electron chi connectivity index (χ2n) is 7.71. The zero-order valence-electron chi connectivity index (χ0n) is 16.5. The fourth-order valence-electron chi connectivity index (χ4n) is 3.85. The van der Waals surface area contributed by atoms with Crippen molar-refractivity contribution >= 4 is 11.8 Å². The third kappa shape index (κ3) is 6.52. The second-order valence-corrected chi connectivity index (χ2v) is 7.71. The van der Waals surface area contributed by atoms with Crippen LogP contribution in [0, 0.1) is 5.92 Å².